The van der Waals surface area contributed by atoms with E-state index in [0.29, 0.717) is 6.61 Å². The van der Waals surface area contributed by atoms with Crippen LogP contribution in [0.5, 0.6) is 0 Å². The van der Waals surface area contributed by atoms with Crippen molar-refractivity contribution < 1.29 is 4.74 Å². The zero-order chi connectivity index (χ0) is 9.61. The summed E-state index contributed by atoms with van der Waals surface area (Å²) in [5.41, 5.74) is -0.119. The number of nitrogens with one attached hydrogen (secondary N) is 1. The number of nitriles is 1. The van der Waals surface area contributed by atoms with Gasteiger partial charge < -0.3 is 10.1 Å². The van der Waals surface area contributed by atoms with Gasteiger partial charge in [0.25, 0.3) is 0 Å². The number of ether oxygens (including phenoxy) is 1. The van der Waals surface area contributed by atoms with Gasteiger partial charge in [-0.1, -0.05) is 6.92 Å². The molecule has 1 unspecified atom stereocenters. The fraction of sp³-hybridized carbons (Fsp3) is 0.889. The van der Waals surface area contributed by atoms with Crippen molar-refractivity contribution in [3.05, 3.63) is 0 Å². The molecule has 0 aliphatic heterocycles. The highest BCUT2D eigenvalue weighted by molar-refractivity contribution is 4.88. The van der Waals surface area contributed by atoms with Gasteiger partial charge in [0, 0.05) is 0 Å². The Kier molecular flexibility index (Phi) is 4.87. The highest BCUT2D eigenvalue weighted by Gasteiger charge is 2.17. The Morgan fingerprint density at radius 2 is 2.17 bits per heavy atom. The van der Waals surface area contributed by atoms with Crippen LogP contribution in [0.1, 0.15) is 27.2 Å². The second kappa shape index (κ2) is 5.13. The molecule has 0 amide bonds. The molecule has 0 fully saturated rings. The topological polar surface area (TPSA) is 45.0 Å². The molecule has 0 aliphatic rings. The molecule has 1 N–H and O–H groups in total. The number of nitrogens with zero attached hydrogens (tertiary/aromatic N) is 1. The van der Waals surface area contributed by atoms with Gasteiger partial charge in [0.2, 0.25) is 0 Å². The molecule has 0 heterocycles. The highest BCUT2D eigenvalue weighted by Crippen LogP contribution is 2.13. The first-order chi connectivity index (χ1) is 5.55. The van der Waals surface area contributed by atoms with E-state index >= 15 is 0 Å². The van der Waals surface area contributed by atoms with Crippen molar-refractivity contribution in [1.82, 2.24) is 5.32 Å². The van der Waals surface area contributed by atoms with Crippen LogP contribution in [0.15, 0.2) is 0 Å². The average Bonchev–Trinajstić information content (AvgIpc) is 2.06. The van der Waals surface area contributed by atoms with E-state index in [0.717, 1.165) is 6.42 Å². The van der Waals surface area contributed by atoms with Gasteiger partial charge in [-0.25, -0.2) is 0 Å². The molecule has 0 radical (unpaired) electrons. The van der Waals surface area contributed by atoms with Crippen LogP contribution in [-0.4, -0.2) is 25.3 Å². The first-order valence-electron chi connectivity index (χ1n) is 4.26. The lowest BCUT2D eigenvalue weighted by Crippen LogP contribution is -2.34. The average molecular weight is 170 g/mol. The second-order valence-corrected chi connectivity index (χ2v) is 3.39. The van der Waals surface area contributed by atoms with E-state index in [9.17, 15) is 0 Å². The predicted molar refractivity (Wildman–Crippen MR) is 48.8 cm³/mol. The maximum atomic E-state index is 8.60. The van der Waals surface area contributed by atoms with Gasteiger partial charge in [-0.05, 0) is 27.3 Å². The van der Waals surface area contributed by atoms with E-state index in [2.05, 4.69) is 18.3 Å². The van der Waals surface area contributed by atoms with Crippen LogP contribution in [0.25, 0.3) is 0 Å². The van der Waals surface area contributed by atoms with E-state index in [1.54, 1.807) is 7.05 Å². The summed E-state index contributed by atoms with van der Waals surface area (Å²) < 4.78 is 5.54. The molecule has 0 saturated heterocycles. The minimum Gasteiger partial charge on any atom is -0.373 e. The third-order valence-corrected chi connectivity index (χ3v) is 2.00. The Balaban J connectivity index is 3.75. The van der Waals surface area contributed by atoms with Crippen LogP contribution < -0.4 is 5.32 Å². The molecular weight excluding hydrogens is 152 g/mol. The van der Waals surface area contributed by atoms with Gasteiger partial charge in [0.15, 0.2) is 0 Å². The van der Waals surface area contributed by atoms with E-state index < -0.39 is 0 Å². The predicted octanol–water partition coefficient (Wildman–Crippen LogP) is 1.30. The van der Waals surface area contributed by atoms with Gasteiger partial charge in [-0.15, -0.1) is 0 Å². The standard InChI is InChI=1S/C9H18N2O/c1-5-9(2,3)12-7-8(6-10)11-4/h8,11H,5,7H2,1-4H3. The normalized spacial score (nSPS) is 13.9. The van der Waals surface area contributed by atoms with Crippen LogP contribution >= 0.6 is 0 Å². The maximum absolute atomic E-state index is 8.60. The van der Waals surface area contributed by atoms with E-state index in [1.807, 2.05) is 13.8 Å². The quantitative estimate of drug-likeness (QED) is 0.676. The molecule has 12 heavy (non-hydrogen) atoms. The van der Waals surface area contributed by atoms with Crippen LogP contribution in [0, 0.1) is 11.3 Å². The molecule has 70 valence electrons. The Morgan fingerprint density at radius 3 is 2.50 bits per heavy atom. The van der Waals surface area contributed by atoms with Gasteiger partial charge >= 0.3 is 0 Å². The summed E-state index contributed by atoms with van der Waals surface area (Å²) in [7, 11) is 1.76. The van der Waals surface area contributed by atoms with E-state index in [-0.39, 0.29) is 11.6 Å². The minimum atomic E-state index is -0.198. The van der Waals surface area contributed by atoms with Crippen LogP contribution in [0.2, 0.25) is 0 Å². The number of hydrogen-bond donors (Lipinski definition) is 1. The van der Waals surface area contributed by atoms with Gasteiger partial charge in [0.1, 0.15) is 6.04 Å². The lowest BCUT2D eigenvalue weighted by molar-refractivity contribution is -0.0240. The molecule has 0 bridgehead atoms. The third-order valence-electron chi connectivity index (χ3n) is 2.00. The number of hydrogen-bond acceptors (Lipinski definition) is 3. The van der Waals surface area contributed by atoms with Crippen molar-refractivity contribution in [2.24, 2.45) is 0 Å². The first kappa shape index (κ1) is 11.4. The zero-order valence-corrected chi connectivity index (χ0v) is 8.35. The molecule has 0 aromatic heterocycles. The Hall–Kier alpha value is -0.590. The van der Waals surface area contributed by atoms with Gasteiger partial charge in [-0.2, -0.15) is 5.26 Å². The Bertz CT molecular complexity index is 160. The molecule has 3 nitrogen and oxygen atoms in total. The summed E-state index contributed by atoms with van der Waals surface area (Å²) in [6.45, 7) is 6.57. The van der Waals surface area contributed by atoms with Gasteiger partial charge in [0.05, 0.1) is 18.3 Å². The highest BCUT2D eigenvalue weighted by atomic mass is 16.5. The van der Waals surface area contributed by atoms with Crippen molar-refractivity contribution in [3.8, 4) is 6.07 Å². The molecule has 0 aromatic rings. The lowest BCUT2D eigenvalue weighted by Gasteiger charge is -2.24. The molecule has 3 heteroatoms. The first-order valence-corrected chi connectivity index (χ1v) is 4.26. The Labute approximate surface area is 74.7 Å². The van der Waals surface area contributed by atoms with Crippen molar-refractivity contribution in [1.29, 1.82) is 5.26 Å². The molecule has 0 aromatic carbocycles. The summed E-state index contributed by atoms with van der Waals surface area (Å²) in [6.07, 6.45) is 0.953. The fourth-order valence-corrected chi connectivity index (χ4v) is 0.596. The Morgan fingerprint density at radius 1 is 1.58 bits per heavy atom. The van der Waals surface area contributed by atoms with Crippen molar-refractivity contribution >= 4 is 0 Å². The number of likely N-dealkylation sites (N-methyl/N-ethyl adjacent to an activating group) is 1. The second-order valence-electron chi connectivity index (χ2n) is 3.39. The summed E-state index contributed by atoms with van der Waals surface area (Å²) in [6, 6.07) is 1.91. The molecular formula is C9H18N2O. The van der Waals surface area contributed by atoms with Crippen molar-refractivity contribution in [2.75, 3.05) is 13.7 Å². The largest absolute Gasteiger partial charge is 0.373 e. The molecule has 0 spiro atoms. The fourth-order valence-electron chi connectivity index (χ4n) is 0.596. The minimum absolute atomic E-state index is 0.119. The van der Waals surface area contributed by atoms with Crippen LogP contribution in [0.4, 0.5) is 0 Å². The van der Waals surface area contributed by atoms with E-state index in [1.165, 1.54) is 0 Å². The summed E-state index contributed by atoms with van der Waals surface area (Å²) in [5, 5.41) is 11.5. The van der Waals surface area contributed by atoms with Crippen LogP contribution in [-0.2, 0) is 4.74 Å². The molecule has 0 rings (SSSR count). The smallest absolute Gasteiger partial charge is 0.119 e. The molecule has 0 aliphatic carbocycles. The number of rotatable bonds is 5. The van der Waals surface area contributed by atoms with Gasteiger partial charge in [-0.3, -0.25) is 0 Å². The van der Waals surface area contributed by atoms with E-state index in [4.69, 9.17) is 10.00 Å². The summed E-state index contributed by atoms with van der Waals surface area (Å²) in [4.78, 5) is 0. The summed E-state index contributed by atoms with van der Waals surface area (Å²) in [5.74, 6) is 0. The van der Waals surface area contributed by atoms with Crippen molar-refractivity contribution in [2.45, 2.75) is 38.8 Å². The lowest BCUT2D eigenvalue weighted by atomic mass is 10.1. The maximum Gasteiger partial charge on any atom is 0.119 e. The summed E-state index contributed by atoms with van der Waals surface area (Å²) >= 11 is 0. The third kappa shape index (κ3) is 4.32. The molecule has 0 saturated carbocycles. The molecule has 1 atom stereocenters. The SMILES string of the molecule is CCC(C)(C)OCC(C#N)NC. The zero-order valence-electron chi connectivity index (χ0n) is 8.35. The monoisotopic (exact) mass is 170 g/mol. The van der Waals surface area contributed by atoms with Crippen LogP contribution in [0.3, 0.4) is 0 Å². The van der Waals surface area contributed by atoms with Crippen molar-refractivity contribution in [3.63, 3.8) is 0 Å².